The van der Waals surface area contributed by atoms with Gasteiger partial charge in [-0.05, 0) is 94.1 Å². The molecule has 15 heteroatoms. The summed E-state index contributed by atoms with van der Waals surface area (Å²) in [6, 6.07) is 28.5. The molecule has 1 aromatic heterocycles. The number of para-hydroxylation sites is 3. The summed E-state index contributed by atoms with van der Waals surface area (Å²) in [5.41, 5.74) is 3.74. The molecule has 2 bridgehead atoms. The third-order valence-corrected chi connectivity index (χ3v) is 15.5. The molecule has 0 saturated carbocycles. The van der Waals surface area contributed by atoms with Gasteiger partial charge in [-0.2, -0.15) is 0 Å². The second kappa shape index (κ2) is 23.2. The zero-order chi connectivity index (χ0) is 48.3. The lowest BCUT2D eigenvalue weighted by Gasteiger charge is -2.48. The number of methoxy groups -OCH3 is 1. The van der Waals surface area contributed by atoms with Crippen molar-refractivity contribution in [3.05, 3.63) is 124 Å². The highest BCUT2D eigenvalue weighted by atomic mass is 32.2. The molecule has 368 valence electrons. The summed E-state index contributed by atoms with van der Waals surface area (Å²) in [6.07, 6.45) is 8.77. The first kappa shape index (κ1) is 49.6. The Hall–Kier alpha value is -5.77. The lowest BCUT2D eigenvalue weighted by Crippen LogP contribution is -2.54. The largest absolute Gasteiger partial charge is 0.496 e. The monoisotopic (exact) mass is 961 g/mol. The number of aromatic nitrogens is 2. The average molecular weight is 962 g/mol. The highest BCUT2D eigenvalue weighted by Gasteiger charge is 2.39. The van der Waals surface area contributed by atoms with Gasteiger partial charge in [-0.1, -0.05) is 73.4 Å². The molecule has 0 radical (unpaired) electrons. The van der Waals surface area contributed by atoms with Crippen LogP contribution in [0, 0.1) is 6.92 Å². The average Bonchev–Trinajstić information content (AvgIpc) is 3.33. The van der Waals surface area contributed by atoms with E-state index in [0.29, 0.717) is 103 Å². The van der Waals surface area contributed by atoms with Gasteiger partial charge in [0, 0.05) is 56.7 Å². The predicted octanol–water partition coefficient (Wildman–Crippen LogP) is 7.47. The number of esters is 1. The zero-order valence-electron chi connectivity index (χ0n) is 40.4. The summed E-state index contributed by atoms with van der Waals surface area (Å²) in [4.78, 5) is 51.6. The number of carbonyl (C=O) groups excluding carboxylic acids is 2. The van der Waals surface area contributed by atoms with E-state index in [1.165, 1.54) is 6.42 Å². The SMILES string of the molecule is CCOc1ccccc1-n1c(CN2CCN(C(=O)COc3ccc(CS(=O)(=O)CCCCCCN4C5CCCC4CC(OC(=O)Cc4cc(C)ccc4OC)C5)cc3)CC2)nc2ccccc2c1=O. The van der Waals surface area contributed by atoms with E-state index in [1.54, 1.807) is 46.9 Å². The molecule has 69 heavy (non-hydrogen) atoms. The molecule has 2 atom stereocenters. The van der Waals surface area contributed by atoms with E-state index >= 15 is 0 Å². The molecule has 3 aliphatic heterocycles. The van der Waals surface area contributed by atoms with Gasteiger partial charge in [0.05, 0.1) is 54.8 Å². The first-order valence-corrected chi connectivity index (χ1v) is 26.5. The number of sulfone groups is 1. The Balaban J connectivity index is 0.729. The number of amides is 1. The van der Waals surface area contributed by atoms with Gasteiger partial charge in [-0.15, -0.1) is 0 Å². The lowest BCUT2D eigenvalue weighted by atomic mass is 9.82. The van der Waals surface area contributed by atoms with Crippen LogP contribution in [-0.4, -0.2) is 122 Å². The first-order chi connectivity index (χ1) is 33.5. The molecular formula is C54H67N5O9S. The summed E-state index contributed by atoms with van der Waals surface area (Å²) >= 11 is 0. The molecule has 8 rings (SSSR count). The fourth-order valence-electron chi connectivity index (χ4n) is 10.3. The standard InChI is InChI=1S/C54H67N5O9S/c1-4-66-50-19-10-9-18-48(50)59-51(55-47-17-8-7-16-46(47)54(59)62)36-56-27-29-57(30-28-56)52(60)37-67-44-23-21-40(22-24-44)38-69(63,64)31-12-6-5-11-26-58-42-14-13-15-43(58)35-45(34-42)68-53(61)33-41-32-39(2)20-25-49(41)65-3/h7-10,16-25,32,42-43,45H,4-6,11-15,26-31,33-38H2,1-3H3. The van der Waals surface area contributed by atoms with Crippen LogP contribution >= 0.6 is 0 Å². The van der Waals surface area contributed by atoms with Crippen LogP contribution in [0.5, 0.6) is 17.2 Å². The minimum atomic E-state index is -3.30. The van der Waals surface area contributed by atoms with E-state index in [9.17, 15) is 22.8 Å². The van der Waals surface area contributed by atoms with Crippen LogP contribution < -0.4 is 19.8 Å². The van der Waals surface area contributed by atoms with Gasteiger partial charge in [-0.3, -0.25) is 28.8 Å². The molecular weight excluding hydrogens is 895 g/mol. The number of piperidine rings is 2. The lowest BCUT2D eigenvalue weighted by molar-refractivity contribution is -0.154. The number of nitrogens with zero attached hydrogens (tertiary/aromatic N) is 5. The van der Waals surface area contributed by atoms with E-state index in [-0.39, 0.29) is 48.1 Å². The molecule has 14 nitrogen and oxygen atoms in total. The molecule has 0 spiro atoms. The topological polar surface area (TPSA) is 150 Å². The quantitative estimate of drug-likeness (QED) is 0.0531. The minimum Gasteiger partial charge on any atom is -0.496 e. The van der Waals surface area contributed by atoms with Crippen LogP contribution in [0.25, 0.3) is 16.6 Å². The fraction of sp³-hybridized carbons (Fsp3) is 0.481. The number of benzene rings is 4. The van der Waals surface area contributed by atoms with Crippen molar-refractivity contribution in [1.82, 2.24) is 24.3 Å². The number of fused-ring (bicyclic) bond motifs is 3. The predicted molar refractivity (Wildman–Crippen MR) is 267 cm³/mol. The molecule has 0 aliphatic carbocycles. The van der Waals surface area contributed by atoms with Gasteiger partial charge in [0.15, 0.2) is 16.4 Å². The normalized spacial score (nSPS) is 18.8. The molecule has 4 heterocycles. The summed E-state index contributed by atoms with van der Waals surface area (Å²) < 4.78 is 51.1. The van der Waals surface area contributed by atoms with Crippen LogP contribution in [0.1, 0.15) is 87.2 Å². The summed E-state index contributed by atoms with van der Waals surface area (Å²) in [6.45, 7) is 7.84. The van der Waals surface area contributed by atoms with Crippen LogP contribution in [-0.2, 0) is 42.9 Å². The number of carbonyl (C=O) groups is 2. The molecule has 1 amide bonds. The van der Waals surface area contributed by atoms with Crippen molar-refractivity contribution in [2.24, 2.45) is 0 Å². The Labute approximate surface area is 406 Å². The maximum atomic E-state index is 13.9. The number of aryl methyl sites for hydroxylation is 1. The summed E-state index contributed by atoms with van der Waals surface area (Å²) in [7, 11) is -1.68. The number of rotatable bonds is 21. The van der Waals surface area contributed by atoms with Crippen LogP contribution in [0.15, 0.2) is 95.8 Å². The van der Waals surface area contributed by atoms with E-state index in [0.717, 1.165) is 62.6 Å². The van der Waals surface area contributed by atoms with Gasteiger partial charge < -0.3 is 23.8 Å². The summed E-state index contributed by atoms with van der Waals surface area (Å²) in [5.74, 6) is 2.19. The Morgan fingerprint density at radius 2 is 1.54 bits per heavy atom. The maximum absolute atomic E-state index is 13.9. The van der Waals surface area contributed by atoms with E-state index in [1.807, 2.05) is 74.5 Å². The van der Waals surface area contributed by atoms with Crippen LogP contribution in [0.3, 0.4) is 0 Å². The van der Waals surface area contributed by atoms with Gasteiger partial charge in [0.2, 0.25) is 0 Å². The van der Waals surface area contributed by atoms with Crippen molar-refractivity contribution < 1.29 is 37.0 Å². The minimum absolute atomic E-state index is 0.0399. The molecule has 2 unspecified atom stereocenters. The Bertz CT molecular complexity index is 2710. The van der Waals surface area contributed by atoms with Crippen LogP contribution in [0.2, 0.25) is 0 Å². The summed E-state index contributed by atoms with van der Waals surface area (Å²) in [5, 5.41) is 0.530. The number of unbranched alkanes of at least 4 members (excludes halogenated alkanes) is 3. The van der Waals surface area contributed by atoms with Crippen molar-refractivity contribution in [3.8, 4) is 22.9 Å². The zero-order valence-corrected chi connectivity index (χ0v) is 41.2. The van der Waals surface area contributed by atoms with Crippen molar-refractivity contribution >= 4 is 32.6 Å². The van der Waals surface area contributed by atoms with Gasteiger partial charge in [-0.25, -0.2) is 13.4 Å². The van der Waals surface area contributed by atoms with Gasteiger partial charge in [0.25, 0.3) is 11.5 Å². The van der Waals surface area contributed by atoms with E-state index in [2.05, 4.69) is 9.80 Å². The van der Waals surface area contributed by atoms with Crippen molar-refractivity contribution in [1.29, 1.82) is 0 Å². The number of ether oxygens (including phenoxy) is 4. The highest BCUT2D eigenvalue weighted by Crippen LogP contribution is 2.36. The Morgan fingerprint density at radius 1 is 0.812 bits per heavy atom. The molecule has 3 fully saturated rings. The number of hydrogen-bond acceptors (Lipinski definition) is 12. The van der Waals surface area contributed by atoms with Crippen LogP contribution in [0.4, 0.5) is 0 Å². The maximum Gasteiger partial charge on any atom is 0.310 e. The highest BCUT2D eigenvalue weighted by molar-refractivity contribution is 7.90. The van der Waals surface area contributed by atoms with Crippen molar-refractivity contribution in [2.45, 2.75) is 109 Å². The number of hydrogen-bond donors (Lipinski definition) is 0. The van der Waals surface area contributed by atoms with Crippen molar-refractivity contribution in [2.75, 3.05) is 58.8 Å². The molecule has 3 saturated heterocycles. The van der Waals surface area contributed by atoms with E-state index in [4.69, 9.17) is 23.9 Å². The molecule has 0 N–H and O–H groups in total. The molecule has 5 aromatic rings. The third-order valence-electron chi connectivity index (χ3n) is 13.8. The second-order valence-electron chi connectivity index (χ2n) is 18.7. The fourth-order valence-corrected chi connectivity index (χ4v) is 11.8. The Morgan fingerprint density at radius 3 is 2.29 bits per heavy atom. The van der Waals surface area contributed by atoms with E-state index < -0.39 is 9.84 Å². The van der Waals surface area contributed by atoms with Gasteiger partial charge >= 0.3 is 5.97 Å². The molecule has 4 aromatic carbocycles. The smallest absolute Gasteiger partial charge is 0.310 e. The molecule has 3 aliphatic rings. The second-order valence-corrected chi connectivity index (χ2v) is 20.9. The Kier molecular flexibility index (Phi) is 16.7. The first-order valence-electron chi connectivity index (χ1n) is 24.7. The van der Waals surface area contributed by atoms with Gasteiger partial charge in [0.1, 0.15) is 29.2 Å². The third kappa shape index (κ3) is 12.9. The van der Waals surface area contributed by atoms with Crippen molar-refractivity contribution in [3.63, 3.8) is 0 Å². The number of piperazine rings is 1.